The van der Waals surface area contributed by atoms with Crippen molar-refractivity contribution in [2.45, 2.75) is 77.4 Å². The van der Waals surface area contributed by atoms with E-state index in [1.165, 1.54) is 0 Å². The van der Waals surface area contributed by atoms with Gasteiger partial charge in [-0.3, -0.25) is 4.79 Å². The minimum absolute atomic E-state index is 0.0304. The zero-order valence-corrected chi connectivity index (χ0v) is 17.8. The van der Waals surface area contributed by atoms with E-state index in [-0.39, 0.29) is 30.3 Å². The number of rotatable bonds is 10. The quantitative estimate of drug-likeness (QED) is 0.324. The van der Waals surface area contributed by atoms with Crippen molar-refractivity contribution in [3.8, 4) is 0 Å². The normalized spacial score (nSPS) is 15.6. The van der Waals surface area contributed by atoms with Crippen LogP contribution >= 0.6 is 0 Å². The van der Waals surface area contributed by atoms with E-state index in [1.54, 1.807) is 12.2 Å². The molecule has 0 aliphatic heterocycles. The highest BCUT2D eigenvalue weighted by molar-refractivity contribution is 5.84. The molecule has 2 rings (SSSR count). The van der Waals surface area contributed by atoms with Gasteiger partial charge in [0.25, 0.3) is 0 Å². The lowest BCUT2D eigenvalue weighted by Gasteiger charge is -2.21. The number of hydrogen-bond acceptors (Lipinski definition) is 4. The first-order valence-electron chi connectivity index (χ1n) is 10.7. The standard InChI is InChI=1S/C23H32F2N2O3/c1-15(2)12-20(23(29)30-17-9-6-7-10-17)27-21(28)11-5-3-4-8-16-13-18(24)22(26)19(25)14-16/h4,8,13-15,17,20H,3,5-7,9-12,26H2,1-2H3,(H,27,28)/b8-4+/t20-/m0/s1. The van der Waals surface area contributed by atoms with Crippen molar-refractivity contribution >= 4 is 23.6 Å². The topological polar surface area (TPSA) is 81.4 Å². The Morgan fingerprint density at radius 3 is 2.47 bits per heavy atom. The lowest BCUT2D eigenvalue weighted by molar-refractivity contribution is -0.153. The molecule has 1 aliphatic rings. The highest BCUT2D eigenvalue weighted by Gasteiger charge is 2.27. The van der Waals surface area contributed by atoms with Crippen LogP contribution in [0.2, 0.25) is 0 Å². The molecule has 0 spiro atoms. The van der Waals surface area contributed by atoms with Gasteiger partial charge in [-0.1, -0.05) is 26.0 Å². The summed E-state index contributed by atoms with van der Waals surface area (Å²) in [5, 5.41) is 2.80. The predicted octanol–water partition coefficient (Wildman–Crippen LogP) is 4.75. The first-order valence-corrected chi connectivity index (χ1v) is 10.7. The van der Waals surface area contributed by atoms with Crippen LogP contribution in [0.5, 0.6) is 0 Å². The van der Waals surface area contributed by atoms with Crippen molar-refractivity contribution in [3.05, 3.63) is 35.4 Å². The van der Waals surface area contributed by atoms with Gasteiger partial charge < -0.3 is 15.8 Å². The Kier molecular flexibility index (Phi) is 9.27. The number of hydrogen-bond donors (Lipinski definition) is 2. The van der Waals surface area contributed by atoms with E-state index in [4.69, 9.17) is 10.5 Å². The smallest absolute Gasteiger partial charge is 0.328 e. The molecule has 0 bridgehead atoms. The van der Waals surface area contributed by atoms with E-state index in [0.29, 0.717) is 24.8 Å². The zero-order valence-electron chi connectivity index (χ0n) is 17.8. The molecule has 0 unspecified atom stereocenters. The molecule has 1 fully saturated rings. The number of unbranched alkanes of at least 4 members (excludes halogenated alkanes) is 1. The largest absolute Gasteiger partial charge is 0.461 e. The number of nitrogens with two attached hydrogens (primary N) is 1. The fraction of sp³-hybridized carbons (Fsp3) is 0.565. The summed E-state index contributed by atoms with van der Waals surface area (Å²) in [7, 11) is 0. The Hall–Kier alpha value is -2.44. The van der Waals surface area contributed by atoms with Crippen molar-refractivity contribution in [2.75, 3.05) is 5.73 Å². The number of ether oxygens (including phenoxy) is 1. The van der Waals surface area contributed by atoms with Crippen LogP contribution in [0.3, 0.4) is 0 Å². The predicted molar refractivity (Wildman–Crippen MR) is 113 cm³/mol. The summed E-state index contributed by atoms with van der Waals surface area (Å²) in [5.41, 5.74) is 5.12. The van der Waals surface area contributed by atoms with E-state index in [2.05, 4.69) is 5.32 Å². The van der Waals surface area contributed by atoms with Gasteiger partial charge in [0.1, 0.15) is 29.5 Å². The molecule has 1 amide bonds. The number of halogens is 2. The number of anilines is 1. The summed E-state index contributed by atoms with van der Waals surface area (Å²) in [5.74, 6) is -1.90. The third-order valence-corrected chi connectivity index (χ3v) is 5.10. The Labute approximate surface area is 177 Å². The average Bonchev–Trinajstić information content (AvgIpc) is 3.17. The van der Waals surface area contributed by atoms with Gasteiger partial charge in [-0.2, -0.15) is 0 Å². The van der Waals surface area contributed by atoms with Crippen molar-refractivity contribution < 1.29 is 23.1 Å². The molecular weight excluding hydrogens is 390 g/mol. The van der Waals surface area contributed by atoms with E-state index >= 15 is 0 Å². The van der Waals surface area contributed by atoms with Gasteiger partial charge in [-0.15, -0.1) is 0 Å². The molecule has 1 aliphatic carbocycles. The van der Waals surface area contributed by atoms with Gasteiger partial charge >= 0.3 is 5.97 Å². The highest BCUT2D eigenvalue weighted by Crippen LogP contribution is 2.22. The number of carbonyl (C=O) groups excluding carboxylic acids is 2. The number of nitrogen functional groups attached to an aromatic ring is 1. The monoisotopic (exact) mass is 422 g/mol. The fourth-order valence-electron chi connectivity index (χ4n) is 3.50. The Balaban J connectivity index is 1.78. The van der Waals surface area contributed by atoms with E-state index in [1.807, 2.05) is 13.8 Å². The number of carbonyl (C=O) groups is 2. The van der Waals surface area contributed by atoms with Crippen molar-refractivity contribution in [3.63, 3.8) is 0 Å². The zero-order chi connectivity index (χ0) is 22.1. The molecule has 7 heteroatoms. The lowest BCUT2D eigenvalue weighted by Crippen LogP contribution is -2.43. The third kappa shape index (κ3) is 7.76. The van der Waals surface area contributed by atoms with Crippen LogP contribution in [0, 0.1) is 17.6 Å². The maximum absolute atomic E-state index is 13.4. The Morgan fingerprint density at radius 2 is 1.87 bits per heavy atom. The molecule has 0 heterocycles. The molecule has 0 aromatic heterocycles. The minimum Gasteiger partial charge on any atom is -0.461 e. The molecule has 30 heavy (non-hydrogen) atoms. The first-order chi connectivity index (χ1) is 14.3. The van der Waals surface area contributed by atoms with Crippen LogP contribution in [0.1, 0.15) is 70.8 Å². The third-order valence-electron chi connectivity index (χ3n) is 5.10. The van der Waals surface area contributed by atoms with Gasteiger partial charge in [-0.25, -0.2) is 13.6 Å². The molecular formula is C23H32F2N2O3. The number of nitrogens with one attached hydrogen (secondary N) is 1. The number of esters is 1. The number of allylic oxidation sites excluding steroid dienone is 1. The maximum atomic E-state index is 13.4. The highest BCUT2D eigenvalue weighted by atomic mass is 19.1. The van der Waals surface area contributed by atoms with Crippen LogP contribution in [0.25, 0.3) is 6.08 Å². The van der Waals surface area contributed by atoms with Crippen LogP contribution in [0.15, 0.2) is 18.2 Å². The second-order valence-electron chi connectivity index (χ2n) is 8.29. The summed E-state index contributed by atoms with van der Waals surface area (Å²) in [6.45, 7) is 3.99. The molecule has 1 aromatic carbocycles. The molecule has 0 radical (unpaired) electrons. The van der Waals surface area contributed by atoms with Crippen molar-refractivity contribution in [1.82, 2.24) is 5.32 Å². The molecule has 3 N–H and O–H groups in total. The first kappa shape index (κ1) is 23.8. The van der Waals surface area contributed by atoms with Crippen molar-refractivity contribution in [1.29, 1.82) is 0 Å². The van der Waals surface area contributed by atoms with Gasteiger partial charge in [0.15, 0.2) is 0 Å². The summed E-state index contributed by atoms with van der Waals surface area (Å²) in [6.07, 6.45) is 9.12. The van der Waals surface area contributed by atoms with E-state index in [0.717, 1.165) is 37.8 Å². The molecule has 5 nitrogen and oxygen atoms in total. The van der Waals surface area contributed by atoms with Crippen LogP contribution in [-0.2, 0) is 14.3 Å². The van der Waals surface area contributed by atoms with Gasteiger partial charge in [-0.05, 0) is 68.6 Å². The van der Waals surface area contributed by atoms with Crippen LogP contribution in [-0.4, -0.2) is 24.0 Å². The van der Waals surface area contributed by atoms with Gasteiger partial charge in [0.2, 0.25) is 5.91 Å². The fourth-order valence-corrected chi connectivity index (χ4v) is 3.50. The SMILES string of the molecule is CC(C)C[C@H](NC(=O)CCC/C=C/c1cc(F)c(N)c(F)c1)C(=O)OC1CCCC1. The molecule has 166 valence electrons. The van der Waals surface area contributed by atoms with E-state index in [9.17, 15) is 18.4 Å². The molecule has 1 aromatic rings. The maximum Gasteiger partial charge on any atom is 0.328 e. The average molecular weight is 423 g/mol. The Bertz CT molecular complexity index is 736. The van der Waals surface area contributed by atoms with Gasteiger partial charge in [0, 0.05) is 6.42 Å². The molecule has 1 atom stereocenters. The molecule has 0 saturated heterocycles. The second kappa shape index (κ2) is 11.7. The van der Waals surface area contributed by atoms with Gasteiger partial charge in [0.05, 0.1) is 0 Å². The van der Waals surface area contributed by atoms with E-state index < -0.39 is 23.4 Å². The van der Waals surface area contributed by atoms with Crippen LogP contribution in [0.4, 0.5) is 14.5 Å². The molecule has 1 saturated carbocycles. The van der Waals surface area contributed by atoms with Crippen molar-refractivity contribution in [2.24, 2.45) is 5.92 Å². The summed E-state index contributed by atoms with van der Waals surface area (Å²) in [6, 6.07) is 1.69. The summed E-state index contributed by atoms with van der Waals surface area (Å²) in [4.78, 5) is 24.7. The minimum atomic E-state index is -0.797. The summed E-state index contributed by atoms with van der Waals surface area (Å²) >= 11 is 0. The second-order valence-corrected chi connectivity index (χ2v) is 8.29. The number of benzene rings is 1. The summed E-state index contributed by atoms with van der Waals surface area (Å²) < 4.78 is 32.4. The Morgan fingerprint density at radius 1 is 1.23 bits per heavy atom. The number of amides is 1. The lowest BCUT2D eigenvalue weighted by atomic mass is 10.0. The van der Waals surface area contributed by atoms with Crippen LogP contribution < -0.4 is 11.1 Å².